The molecule has 0 fully saturated rings. The number of hydrogen-bond donors (Lipinski definition) is 3. The molecule has 0 radical (unpaired) electrons. The fourth-order valence-corrected chi connectivity index (χ4v) is 1.22. The van der Waals surface area contributed by atoms with Crippen LogP contribution in [0.3, 0.4) is 0 Å². The lowest BCUT2D eigenvalue weighted by molar-refractivity contribution is -0.141. The molecule has 2 atom stereocenters. The zero-order valence-electron chi connectivity index (χ0n) is 10.0. The Hall–Kier alpha value is -1.10. The van der Waals surface area contributed by atoms with Crippen LogP contribution in [0.5, 0.6) is 0 Å². The van der Waals surface area contributed by atoms with Crippen LogP contribution in [-0.2, 0) is 9.59 Å². The van der Waals surface area contributed by atoms with Crippen molar-refractivity contribution >= 4 is 11.9 Å². The number of carbonyl (C=O) groups excluding carboxylic acids is 1. The van der Waals surface area contributed by atoms with Crippen molar-refractivity contribution in [2.45, 2.75) is 45.6 Å². The molecule has 94 valence electrons. The van der Waals surface area contributed by atoms with Gasteiger partial charge < -0.3 is 16.2 Å². The zero-order valence-corrected chi connectivity index (χ0v) is 10.0. The van der Waals surface area contributed by atoms with Gasteiger partial charge in [-0.2, -0.15) is 0 Å². The molecule has 1 amide bonds. The van der Waals surface area contributed by atoms with E-state index in [0.717, 1.165) is 12.8 Å². The summed E-state index contributed by atoms with van der Waals surface area (Å²) in [7, 11) is 0. The molecule has 0 aliphatic rings. The monoisotopic (exact) mass is 230 g/mol. The number of carbonyl (C=O) groups is 2. The maximum atomic E-state index is 11.4. The molecule has 0 bridgehead atoms. The summed E-state index contributed by atoms with van der Waals surface area (Å²) in [6, 6.07) is -0.472. The van der Waals surface area contributed by atoms with Crippen LogP contribution in [0.15, 0.2) is 0 Å². The van der Waals surface area contributed by atoms with Gasteiger partial charge in [-0.15, -0.1) is 0 Å². The third kappa shape index (κ3) is 6.40. The topological polar surface area (TPSA) is 92.4 Å². The molecule has 1 unspecified atom stereocenters. The van der Waals surface area contributed by atoms with E-state index >= 15 is 0 Å². The maximum Gasteiger partial charge on any atom is 0.306 e. The number of nitrogens with two attached hydrogens (primary N) is 1. The van der Waals surface area contributed by atoms with E-state index in [4.69, 9.17) is 10.8 Å². The Labute approximate surface area is 96.4 Å². The van der Waals surface area contributed by atoms with Crippen molar-refractivity contribution in [1.29, 1.82) is 0 Å². The Morgan fingerprint density at radius 3 is 2.50 bits per heavy atom. The van der Waals surface area contributed by atoms with Crippen molar-refractivity contribution in [3.63, 3.8) is 0 Å². The number of carboxylic acids is 1. The van der Waals surface area contributed by atoms with Crippen LogP contribution in [0.1, 0.15) is 39.5 Å². The highest BCUT2D eigenvalue weighted by molar-refractivity contribution is 5.81. The van der Waals surface area contributed by atoms with E-state index in [2.05, 4.69) is 5.32 Å². The minimum atomic E-state index is -0.843. The molecule has 0 heterocycles. The van der Waals surface area contributed by atoms with Gasteiger partial charge in [0.05, 0.1) is 12.0 Å². The Balaban J connectivity index is 3.68. The zero-order chi connectivity index (χ0) is 12.6. The predicted octanol–water partition coefficient (Wildman–Crippen LogP) is 0.731. The van der Waals surface area contributed by atoms with Crippen LogP contribution in [0.4, 0.5) is 0 Å². The van der Waals surface area contributed by atoms with Crippen LogP contribution in [0.2, 0.25) is 0 Å². The van der Waals surface area contributed by atoms with Gasteiger partial charge in [-0.3, -0.25) is 9.59 Å². The van der Waals surface area contributed by atoms with Gasteiger partial charge >= 0.3 is 5.97 Å². The fourth-order valence-electron chi connectivity index (χ4n) is 1.22. The molecule has 0 aliphatic carbocycles. The highest BCUT2D eigenvalue weighted by Crippen LogP contribution is 2.01. The SMILES string of the molecule is CCCC[C@H](N)C(=O)NCCC(C)C(=O)O. The second kappa shape index (κ2) is 8.10. The third-order valence-electron chi connectivity index (χ3n) is 2.50. The molecular weight excluding hydrogens is 208 g/mol. The number of amides is 1. The standard InChI is InChI=1S/C11H22N2O3/c1-3-4-5-9(12)10(14)13-7-6-8(2)11(15)16/h8-9H,3-7,12H2,1-2H3,(H,13,14)(H,15,16)/t8?,9-/m0/s1. The molecule has 0 spiro atoms. The van der Waals surface area contributed by atoms with Gasteiger partial charge in [0.15, 0.2) is 0 Å². The first-order chi connectivity index (χ1) is 7.49. The molecule has 0 aromatic rings. The molecular formula is C11H22N2O3. The van der Waals surface area contributed by atoms with Gasteiger partial charge in [-0.25, -0.2) is 0 Å². The van der Waals surface area contributed by atoms with Gasteiger partial charge in [0.2, 0.25) is 5.91 Å². The minimum absolute atomic E-state index is 0.189. The van der Waals surface area contributed by atoms with E-state index in [1.54, 1.807) is 6.92 Å². The average molecular weight is 230 g/mol. The molecule has 0 saturated carbocycles. The fraction of sp³-hybridized carbons (Fsp3) is 0.818. The van der Waals surface area contributed by atoms with Crippen molar-refractivity contribution in [1.82, 2.24) is 5.32 Å². The van der Waals surface area contributed by atoms with E-state index < -0.39 is 17.9 Å². The summed E-state index contributed by atoms with van der Waals surface area (Å²) in [6.07, 6.45) is 3.05. The predicted molar refractivity (Wildman–Crippen MR) is 61.9 cm³/mol. The van der Waals surface area contributed by atoms with Gasteiger partial charge in [0.1, 0.15) is 0 Å². The summed E-state index contributed by atoms with van der Waals surface area (Å²) in [5, 5.41) is 11.3. The maximum absolute atomic E-state index is 11.4. The van der Waals surface area contributed by atoms with Crippen LogP contribution in [0, 0.1) is 5.92 Å². The Morgan fingerprint density at radius 2 is 2.00 bits per heavy atom. The first-order valence-electron chi connectivity index (χ1n) is 5.75. The molecule has 5 heteroatoms. The molecule has 0 aliphatic heterocycles. The molecule has 5 nitrogen and oxygen atoms in total. The van der Waals surface area contributed by atoms with Crippen molar-refractivity contribution in [2.24, 2.45) is 11.7 Å². The van der Waals surface area contributed by atoms with Crippen molar-refractivity contribution in [2.75, 3.05) is 6.54 Å². The third-order valence-corrected chi connectivity index (χ3v) is 2.50. The smallest absolute Gasteiger partial charge is 0.306 e. The van der Waals surface area contributed by atoms with Crippen LogP contribution in [0.25, 0.3) is 0 Å². The number of unbranched alkanes of at least 4 members (excludes halogenated alkanes) is 1. The summed E-state index contributed by atoms with van der Waals surface area (Å²) in [5.74, 6) is -1.47. The largest absolute Gasteiger partial charge is 0.481 e. The first kappa shape index (κ1) is 14.9. The van der Waals surface area contributed by atoms with E-state index in [9.17, 15) is 9.59 Å². The van der Waals surface area contributed by atoms with Gasteiger partial charge in [-0.1, -0.05) is 26.7 Å². The van der Waals surface area contributed by atoms with Crippen LogP contribution < -0.4 is 11.1 Å². The molecule has 0 saturated heterocycles. The van der Waals surface area contributed by atoms with E-state index in [1.807, 2.05) is 6.92 Å². The van der Waals surface area contributed by atoms with Crippen molar-refractivity contribution < 1.29 is 14.7 Å². The molecule has 4 N–H and O–H groups in total. The van der Waals surface area contributed by atoms with Gasteiger partial charge in [-0.05, 0) is 12.8 Å². The number of carboxylic acid groups (broad SMARTS) is 1. The second-order valence-electron chi connectivity index (χ2n) is 4.07. The van der Waals surface area contributed by atoms with Crippen molar-refractivity contribution in [3.05, 3.63) is 0 Å². The lowest BCUT2D eigenvalue weighted by Gasteiger charge is -2.12. The van der Waals surface area contributed by atoms with Gasteiger partial charge in [0.25, 0.3) is 0 Å². The minimum Gasteiger partial charge on any atom is -0.481 e. The summed E-state index contributed by atoms with van der Waals surface area (Å²) >= 11 is 0. The molecule has 0 aromatic carbocycles. The Bertz CT molecular complexity index is 231. The molecule has 0 rings (SSSR count). The summed E-state index contributed by atoms with van der Waals surface area (Å²) in [6.45, 7) is 4.02. The first-order valence-corrected chi connectivity index (χ1v) is 5.75. The van der Waals surface area contributed by atoms with Crippen molar-refractivity contribution in [3.8, 4) is 0 Å². The quantitative estimate of drug-likeness (QED) is 0.573. The number of aliphatic carboxylic acids is 1. The normalized spacial score (nSPS) is 14.2. The van der Waals surface area contributed by atoms with Gasteiger partial charge in [0, 0.05) is 6.54 Å². The Kier molecular flexibility index (Phi) is 7.54. The number of rotatable bonds is 8. The second-order valence-corrected chi connectivity index (χ2v) is 4.07. The van der Waals surface area contributed by atoms with E-state index in [-0.39, 0.29) is 5.91 Å². The lowest BCUT2D eigenvalue weighted by atomic mass is 10.1. The highest BCUT2D eigenvalue weighted by Gasteiger charge is 2.14. The summed E-state index contributed by atoms with van der Waals surface area (Å²) in [4.78, 5) is 21.9. The highest BCUT2D eigenvalue weighted by atomic mass is 16.4. The lowest BCUT2D eigenvalue weighted by Crippen LogP contribution is -2.41. The summed E-state index contributed by atoms with van der Waals surface area (Å²) in [5.41, 5.74) is 5.65. The summed E-state index contributed by atoms with van der Waals surface area (Å²) < 4.78 is 0. The van der Waals surface area contributed by atoms with Crippen LogP contribution >= 0.6 is 0 Å². The van der Waals surface area contributed by atoms with E-state index in [1.165, 1.54) is 0 Å². The number of hydrogen-bond acceptors (Lipinski definition) is 3. The average Bonchev–Trinajstić information content (AvgIpc) is 2.25. The molecule has 0 aromatic heterocycles. The number of nitrogens with one attached hydrogen (secondary N) is 1. The Morgan fingerprint density at radius 1 is 1.38 bits per heavy atom. The van der Waals surface area contributed by atoms with E-state index in [0.29, 0.717) is 19.4 Å². The van der Waals surface area contributed by atoms with Crippen LogP contribution in [-0.4, -0.2) is 29.6 Å². The molecule has 16 heavy (non-hydrogen) atoms.